The molecule has 14 heavy (non-hydrogen) atoms. The van der Waals surface area contributed by atoms with E-state index in [2.05, 4.69) is 5.32 Å². The van der Waals surface area contributed by atoms with Gasteiger partial charge in [-0.2, -0.15) is 0 Å². The highest BCUT2D eigenvalue weighted by molar-refractivity contribution is 5.84. The summed E-state index contributed by atoms with van der Waals surface area (Å²) >= 11 is 0. The van der Waals surface area contributed by atoms with Gasteiger partial charge >= 0.3 is 6.09 Å². The number of rotatable bonds is 2. The predicted molar refractivity (Wildman–Crippen MR) is 50.0 cm³/mol. The molecule has 0 aliphatic heterocycles. The van der Waals surface area contributed by atoms with E-state index in [1.54, 1.807) is 0 Å². The molecule has 1 aromatic carbocycles. The summed E-state index contributed by atoms with van der Waals surface area (Å²) in [6.07, 6.45) is 0.911. The van der Waals surface area contributed by atoms with E-state index in [-0.39, 0.29) is 5.82 Å². The lowest BCUT2D eigenvalue weighted by Crippen LogP contribution is -2.09. The van der Waals surface area contributed by atoms with Gasteiger partial charge in [-0.25, -0.2) is 9.18 Å². The summed E-state index contributed by atoms with van der Waals surface area (Å²) in [6.45, 7) is 0. The standard InChI is InChI=1S/C10H10FNO2/c11-7-3-4-9(12-10(13)14)8(5-7)6-1-2-6/h3-6,12H,1-2H2,(H,13,14). The van der Waals surface area contributed by atoms with Gasteiger partial charge in [0.1, 0.15) is 5.82 Å². The van der Waals surface area contributed by atoms with Crippen LogP contribution in [-0.2, 0) is 0 Å². The molecule has 1 aliphatic rings. The van der Waals surface area contributed by atoms with Gasteiger partial charge in [-0.15, -0.1) is 0 Å². The zero-order valence-electron chi connectivity index (χ0n) is 7.46. The monoisotopic (exact) mass is 195 g/mol. The number of hydrogen-bond donors (Lipinski definition) is 2. The third-order valence-electron chi connectivity index (χ3n) is 2.27. The Morgan fingerprint density at radius 2 is 2.21 bits per heavy atom. The lowest BCUT2D eigenvalue weighted by molar-refractivity contribution is 0.209. The third-order valence-corrected chi connectivity index (χ3v) is 2.27. The van der Waals surface area contributed by atoms with Crippen molar-refractivity contribution in [3.8, 4) is 0 Å². The number of hydrogen-bond acceptors (Lipinski definition) is 1. The van der Waals surface area contributed by atoms with Crippen LogP contribution < -0.4 is 5.32 Å². The molecule has 4 heteroatoms. The highest BCUT2D eigenvalue weighted by Gasteiger charge is 2.26. The van der Waals surface area contributed by atoms with Crippen molar-refractivity contribution in [3.05, 3.63) is 29.6 Å². The van der Waals surface area contributed by atoms with E-state index >= 15 is 0 Å². The van der Waals surface area contributed by atoms with Crippen molar-refractivity contribution in [1.82, 2.24) is 0 Å². The minimum atomic E-state index is -1.11. The van der Waals surface area contributed by atoms with Crippen molar-refractivity contribution < 1.29 is 14.3 Å². The molecule has 0 aromatic heterocycles. The SMILES string of the molecule is O=C(O)Nc1ccc(F)cc1C1CC1. The number of carbonyl (C=O) groups is 1. The highest BCUT2D eigenvalue weighted by Crippen LogP contribution is 2.43. The number of carboxylic acid groups (broad SMARTS) is 1. The van der Waals surface area contributed by atoms with Gasteiger partial charge in [-0.1, -0.05) is 0 Å². The molecule has 1 amide bonds. The Balaban J connectivity index is 2.32. The first-order chi connectivity index (χ1) is 6.66. The molecule has 3 nitrogen and oxygen atoms in total. The summed E-state index contributed by atoms with van der Waals surface area (Å²) in [7, 11) is 0. The zero-order chi connectivity index (χ0) is 10.1. The van der Waals surface area contributed by atoms with Gasteiger partial charge in [-0.05, 0) is 42.5 Å². The fraction of sp³-hybridized carbons (Fsp3) is 0.300. The molecule has 1 fully saturated rings. The third kappa shape index (κ3) is 1.84. The summed E-state index contributed by atoms with van der Waals surface area (Å²) in [5.41, 5.74) is 1.27. The van der Waals surface area contributed by atoms with Gasteiger partial charge in [0.25, 0.3) is 0 Å². The molecule has 0 heterocycles. The van der Waals surface area contributed by atoms with Gasteiger partial charge in [0, 0.05) is 5.69 Å². The second-order valence-electron chi connectivity index (χ2n) is 3.44. The van der Waals surface area contributed by atoms with Crippen LogP contribution in [0.4, 0.5) is 14.9 Å². The van der Waals surface area contributed by atoms with Crippen molar-refractivity contribution in [2.24, 2.45) is 0 Å². The molecular weight excluding hydrogens is 185 g/mol. The van der Waals surface area contributed by atoms with Crippen LogP contribution in [0.5, 0.6) is 0 Å². The molecule has 0 atom stereocenters. The molecule has 0 unspecified atom stereocenters. The first-order valence-corrected chi connectivity index (χ1v) is 4.46. The van der Waals surface area contributed by atoms with E-state index in [9.17, 15) is 9.18 Å². The molecule has 2 rings (SSSR count). The van der Waals surface area contributed by atoms with Gasteiger partial charge in [0.05, 0.1) is 0 Å². The topological polar surface area (TPSA) is 49.3 Å². The molecular formula is C10H10FNO2. The number of amides is 1. The summed E-state index contributed by atoms with van der Waals surface area (Å²) < 4.78 is 12.9. The zero-order valence-corrected chi connectivity index (χ0v) is 7.46. The van der Waals surface area contributed by atoms with Gasteiger partial charge in [0.2, 0.25) is 0 Å². The molecule has 2 N–H and O–H groups in total. The van der Waals surface area contributed by atoms with E-state index in [4.69, 9.17) is 5.11 Å². The molecule has 1 aromatic rings. The number of halogens is 1. The highest BCUT2D eigenvalue weighted by atomic mass is 19.1. The largest absolute Gasteiger partial charge is 0.465 e. The maximum absolute atomic E-state index is 12.9. The molecule has 1 aliphatic carbocycles. The fourth-order valence-electron chi connectivity index (χ4n) is 1.49. The molecule has 1 saturated carbocycles. The minimum Gasteiger partial charge on any atom is -0.465 e. The van der Waals surface area contributed by atoms with Crippen LogP contribution >= 0.6 is 0 Å². The first kappa shape index (κ1) is 8.99. The van der Waals surface area contributed by atoms with Crippen molar-refractivity contribution in [2.75, 3.05) is 5.32 Å². The number of benzene rings is 1. The van der Waals surface area contributed by atoms with Crippen LogP contribution in [0.3, 0.4) is 0 Å². The Bertz CT molecular complexity index is 374. The van der Waals surface area contributed by atoms with Crippen molar-refractivity contribution in [3.63, 3.8) is 0 Å². The van der Waals surface area contributed by atoms with Crippen LogP contribution in [0.25, 0.3) is 0 Å². The Morgan fingerprint density at radius 1 is 1.50 bits per heavy atom. The lowest BCUT2D eigenvalue weighted by Gasteiger charge is -2.07. The summed E-state index contributed by atoms with van der Waals surface area (Å²) in [5.74, 6) is 0.00962. The average Bonchev–Trinajstić information content (AvgIpc) is 2.90. The second-order valence-corrected chi connectivity index (χ2v) is 3.44. The quantitative estimate of drug-likeness (QED) is 0.762. The van der Waals surface area contributed by atoms with Crippen LogP contribution in [0.15, 0.2) is 18.2 Å². The van der Waals surface area contributed by atoms with Crippen LogP contribution in [-0.4, -0.2) is 11.2 Å². The number of nitrogens with one attached hydrogen (secondary N) is 1. The minimum absolute atomic E-state index is 0.317. The second kappa shape index (κ2) is 3.29. The Labute approximate surface area is 80.6 Å². The van der Waals surface area contributed by atoms with Gasteiger partial charge in [0.15, 0.2) is 0 Å². The van der Waals surface area contributed by atoms with Crippen molar-refractivity contribution in [1.29, 1.82) is 0 Å². The van der Waals surface area contributed by atoms with Gasteiger partial charge in [-0.3, -0.25) is 5.32 Å². The molecule has 0 spiro atoms. The van der Waals surface area contributed by atoms with E-state index in [0.717, 1.165) is 18.4 Å². The van der Waals surface area contributed by atoms with E-state index in [0.29, 0.717) is 11.6 Å². The van der Waals surface area contributed by atoms with Crippen LogP contribution in [0.1, 0.15) is 24.3 Å². The molecule has 0 bridgehead atoms. The summed E-state index contributed by atoms with van der Waals surface area (Å²) in [6, 6.07) is 4.14. The van der Waals surface area contributed by atoms with Crippen molar-refractivity contribution in [2.45, 2.75) is 18.8 Å². The maximum Gasteiger partial charge on any atom is 0.409 e. The van der Waals surface area contributed by atoms with Gasteiger partial charge < -0.3 is 5.11 Å². The van der Waals surface area contributed by atoms with Crippen molar-refractivity contribution >= 4 is 11.8 Å². The maximum atomic E-state index is 12.9. The van der Waals surface area contributed by atoms with Crippen LogP contribution in [0.2, 0.25) is 0 Å². The molecule has 74 valence electrons. The average molecular weight is 195 g/mol. The normalized spacial score (nSPS) is 15.2. The fourth-order valence-corrected chi connectivity index (χ4v) is 1.49. The van der Waals surface area contributed by atoms with E-state index in [1.807, 2.05) is 0 Å². The Morgan fingerprint density at radius 3 is 2.79 bits per heavy atom. The van der Waals surface area contributed by atoms with Crippen LogP contribution in [0, 0.1) is 5.82 Å². The van der Waals surface area contributed by atoms with E-state index in [1.165, 1.54) is 18.2 Å². The first-order valence-electron chi connectivity index (χ1n) is 4.46. The lowest BCUT2D eigenvalue weighted by atomic mass is 10.1. The Kier molecular flexibility index (Phi) is 2.11. The number of anilines is 1. The summed E-state index contributed by atoms with van der Waals surface area (Å²) in [5, 5.41) is 10.8. The van der Waals surface area contributed by atoms with E-state index < -0.39 is 6.09 Å². The Hall–Kier alpha value is -1.58. The molecule has 0 radical (unpaired) electrons. The summed E-state index contributed by atoms with van der Waals surface area (Å²) in [4.78, 5) is 10.4. The smallest absolute Gasteiger partial charge is 0.409 e. The molecule has 0 saturated heterocycles. The predicted octanol–water partition coefficient (Wildman–Crippen LogP) is 2.79.